The minimum absolute atomic E-state index is 0.0406. The van der Waals surface area contributed by atoms with Gasteiger partial charge in [0.2, 0.25) is 5.91 Å². The van der Waals surface area contributed by atoms with Crippen LogP contribution in [0.5, 0.6) is 0 Å². The molecule has 0 atom stereocenters. The Bertz CT molecular complexity index is 1020. The molecular weight excluding hydrogens is 398 g/mol. The van der Waals surface area contributed by atoms with Crippen molar-refractivity contribution in [2.75, 3.05) is 0 Å². The molecule has 2 aliphatic rings. The molecule has 0 bridgehead atoms. The number of carbonyl (C=O) groups excluding carboxylic acids is 1. The second kappa shape index (κ2) is 7.19. The van der Waals surface area contributed by atoms with E-state index in [2.05, 4.69) is 9.82 Å². The number of amides is 1. The molecule has 0 spiro atoms. The van der Waals surface area contributed by atoms with Gasteiger partial charge in [-0.25, -0.2) is 4.72 Å². The average Bonchev–Trinajstić information content (AvgIpc) is 3.38. The van der Waals surface area contributed by atoms with Crippen molar-refractivity contribution in [3.8, 4) is 0 Å². The second-order valence-corrected chi connectivity index (χ2v) is 9.85. The first-order valence-corrected chi connectivity index (χ1v) is 11.6. The summed E-state index contributed by atoms with van der Waals surface area (Å²) in [5.41, 5.74) is 5.61. The Hall–Kier alpha value is -1.86. The monoisotopic (exact) mass is 421 g/mol. The smallest absolute Gasteiger partial charge is 0.274 e. The van der Waals surface area contributed by atoms with Gasteiger partial charge in [-0.05, 0) is 86.3 Å². The van der Waals surface area contributed by atoms with Crippen molar-refractivity contribution in [3.63, 3.8) is 0 Å². The van der Waals surface area contributed by atoms with Crippen LogP contribution in [0.15, 0.2) is 17.3 Å². The maximum absolute atomic E-state index is 12.7. The Morgan fingerprint density at radius 3 is 2.25 bits per heavy atom. The van der Waals surface area contributed by atoms with Crippen LogP contribution in [0.4, 0.5) is 0 Å². The molecule has 1 aromatic heterocycles. The normalized spacial score (nSPS) is 15.7. The van der Waals surface area contributed by atoms with Gasteiger partial charge >= 0.3 is 0 Å². The molecule has 1 aromatic carbocycles. The molecule has 0 unspecified atom stereocenters. The van der Waals surface area contributed by atoms with Gasteiger partial charge in [-0.3, -0.25) is 9.48 Å². The van der Waals surface area contributed by atoms with E-state index in [4.69, 9.17) is 11.6 Å². The SMILES string of the molecule is CC(C)n1ccc(S(=O)(=O)NC(=O)Cc2c3c(c(Cl)c4c2CCC4)CCC3)n1. The minimum Gasteiger partial charge on any atom is -0.274 e. The number of halogens is 1. The Morgan fingerprint density at radius 2 is 1.71 bits per heavy atom. The minimum atomic E-state index is -3.99. The molecule has 1 N–H and O–H groups in total. The van der Waals surface area contributed by atoms with Crippen LogP contribution in [0.3, 0.4) is 0 Å². The van der Waals surface area contributed by atoms with Gasteiger partial charge in [0.05, 0.1) is 6.42 Å². The highest BCUT2D eigenvalue weighted by Gasteiger charge is 2.30. The molecule has 150 valence electrons. The van der Waals surface area contributed by atoms with Crippen LogP contribution in [0, 0.1) is 0 Å². The number of nitrogens with one attached hydrogen (secondary N) is 1. The van der Waals surface area contributed by atoms with E-state index < -0.39 is 15.9 Å². The highest BCUT2D eigenvalue weighted by atomic mass is 35.5. The fourth-order valence-corrected chi connectivity index (χ4v) is 5.70. The first-order valence-electron chi connectivity index (χ1n) is 9.72. The van der Waals surface area contributed by atoms with Crippen LogP contribution in [0.1, 0.15) is 60.5 Å². The predicted octanol–water partition coefficient (Wildman–Crippen LogP) is 3.14. The summed E-state index contributed by atoms with van der Waals surface area (Å²) in [6.07, 6.45) is 7.37. The summed E-state index contributed by atoms with van der Waals surface area (Å²) in [5.74, 6) is -0.524. The van der Waals surface area contributed by atoms with Crippen LogP contribution in [-0.4, -0.2) is 24.1 Å². The van der Waals surface area contributed by atoms with Gasteiger partial charge in [-0.1, -0.05) is 11.6 Å². The largest absolute Gasteiger partial charge is 0.283 e. The number of carbonyl (C=O) groups is 1. The van der Waals surface area contributed by atoms with Crippen molar-refractivity contribution < 1.29 is 13.2 Å². The Morgan fingerprint density at radius 1 is 1.14 bits per heavy atom. The summed E-state index contributed by atoms with van der Waals surface area (Å²) in [7, 11) is -3.99. The standard InChI is InChI=1S/C20H24ClN3O3S/c1-12(2)24-10-9-19(22-24)28(26,27)23-18(25)11-17-13-5-3-7-15(13)20(21)16-8-4-6-14(16)17/h9-10,12H,3-8,11H2,1-2H3,(H,23,25). The maximum Gasteiger partial charge on any atom is 0.283 e. The number of aromatic nitrogens is 2. The van der Waals surface area contributed by atoms with Gasteiger partial charge in [0.1, 0.15) is 0 Å². The number of nitrogens with zero attached hydrogens (tertiary/aromatic N) is 2. The van der Waals surface area contributed by atoms with Gasteiger partial charge in [-0.2, -0.15) is 13.5 Å². The topological polar surface area (TPSA) is 81.1 Å². The van der Waals surface area contributed by atoms with Gasteiger partial charge in [0.15, 0.2) is 5.03 Å². The molecule has 2 aliphatic carbocycles. The highest BCUT2D eigenvalue weighted by Crippen LogP contribution is 2.41. The molecule has 0 radical (unpaired) electrons. The van der Waals surface area contributed by atoms with Gasteiger partial charge in [0.25, 0.3) is 10.0 Å². The summed E-state index contributed by atoms with van der Waals surface area (Å²) in [6, 6.07) is 1.45. The number of rotatable bonds is 5. The summed E-state index contributed by atoms with van der Waals surface area (Å²) < 4.78 is 28.9. The first-order chi connectivity index (χ1) is 13.3. The zero-order valence-electron chi connectivity index (χ0n) is 16.1. The van der Waals surface area contributed by atoms with Crippen molar-refractivity contribution in [2.24, 2.45) is 0 Å². The molecule has 8 heteroatoms. The third-order valence-corrected chi connectivity index (χ3v) is 7.39. The van der Waals surface area contributed by atoms with Crippen molar-refractivity contribution >= 4 is 27.5 Å². The van der Waals surface area contributed by atoms with Crippen molar-refractivity contribution in [1.82, 2.24) is 14.5 Å². The summed E-state index contributed by atoms with van der Waals surface area (Å²) >= 11 is 6.62. The number of benzene rings is 1. The van der Waals surface area contributed by atoms with E-state index in [0.717, 1.165) is 71.4 Å². The Kier molecular flexibility index (Phi) is 5.00. The highest BCUT2D eigenvalue weighted by molar-refractivity contribution is 7.90. The fourth-order valence-electron chi connectivity index (χ4n) is 4.37. The average molecular weight is 422 g/mol. The Balaban J connectivity index is 1.59. The van der Waals surface area contributed by atoms with Crippen LogP contribution < -0.4 is 4.72 Å². The lowest BCUT2D eigenvalue weighted by Gasteiger charge is -2.17. The van der Waals surface area contributed by atoms with Crippen LogP contribution >= 0.6 is 11.6 Å². The molecule has 0 fully saturated rings. The third kappa shape index (κ3) is 3.35. The number of fused-ring (bicyclic) bond motifs is 2. The van der Waals surface area contributed by atoms with Crippen molar-refractivity contribution in [3.05, 3.63) is 45.1 Å². The van der Waals surface area contributed by atoms with E-state index in [1.807, 2.05) is 13.8 Å². The number of hydrogen-bond acceptors (Lipinski definition) is 4. The molecule has 28 heavy (non-hydrogen) atoms. The molecule has 0 saturated carbocycles. The van der Waals surface area contributed by atoms with E-state index in [1.165, 1.54) is 6.07 Å². The first kappa shape index (κ1) is 19.5. The molecule has 6 nitrogen and oxygen atoms in total. The van der Waals surface area contributed by atoms with Crippen molar-refractivity contribution in [2.45, 2.75) is 69.9 Å². The van der Waals surface area contributed by atoms with Gasteiger partial charge < -0.3 is 0 Å². The van der Waals surface area contributed by atoms with Gasteiger partial charge in [-0.15, -0.1) is 0 Å². The lowest BCUT2D eigenvalue weighted by atomic mass is 9.92. The molecule has 1 amide bonds. The Labute approximate surface area is 170 Å². The molecule has 0 saturated heterocycles. The van der Waals surface area contributed by atoms with E-state index in [-0.39, 0.29) is 17.5 Å². The summed E-state index contributed by atoms with van der Waals surface area (Å²) in [6.45, 7) is 3.81. The van der Waals surface area contributed by atoms with Gasteiger partial charge in [0, 0.05) is 17.3 Å². The van der Waals surface area contributed by atoms with E-state index in [0.29, 0.717) is 0 Å². The van der Waals surface area contributed by atoms with Crippen molar-refractivity contribution in [1.29, 1.82) is 0 Å². The molecule has 0 aliphatic heterocycles. The molecular formula is C20H24ClN3O3S. The van der Waals surface area contributed by atoms with Crippen LogP contribution in [0.2, 0.25) is 5.02 Å². The zero-order valence-corrected chi connectivity index (χ0v) is 17.7. The predicted molar refractivity (Wildman–Crippen MR) is 107 cm³/mol. The zero-order chi connectivity index (χ0) is 20.1. The lowest BCUT2D eigenvalue weighted by molar-refractivity contribution is -0.118. The lowest BCUT2D eigenvalue weighted by Crippen LogP contribution is -2.32. The second-order valence-electron chi connectivity index (χ2n) is 7.85. The summed E-state index contributed by atoms with van der Waals surface area (Å²) in [4.78, 5) is 12.7. The van der Waals surface area contributed by atoms with E-state index >= 15 is 0 Å². The third-order valence-electron chi connectivity index (χ3n) is 5.67. The fraction of sp³-hybridized carbons (Fsp3) is 0.500. The maximum atomic E-state index is 12.7. The number of sulfonamides is 1. The van der Waals surface area contributed by atoms with Crippen LogP contribution in [0.25, 0.3) is 0 Å². The van der Waals surface area contributed by atoms with E-state index in [1.54, 1.807) is 10.9 Å². The van der Waals surface area contributed by atoms with E-state index in [9.17, 15) is 13.2 Å². The van der Waals surface area contributed by atoms with Crippen LogP contribution in [-0.2, 0) is 46.9 Å². The quantitative estimate of drug-likeness (QED) is 0.804. The number of hydrogen-bond donors (Lipinski definition) is 1. The summed E-state index contributed by atoms with van der Waals surface area (Å²) in [5, 5.41) is 4.80. The molecule has 2 aromatic rings. The molecule has 4 rings (SSSR count). The molecule has 1 heterocycles.